The highest BCUT2D eigenvalue weighted by atomic mass is 35.5. The van der Waals surface area contributed by atoms with Gasteiger partial charge in [0.2, 0.25) is 0 Å². The molecule has 0 saturated carbocycles. The fourth-order valence-electron chi connectivity index (χ4n) is 2.04. The number of thiophene rings is 1. The molecule has 0 saturated heterocycles. The number of halogens is 1. The molecule has 2 aromatic heterocycles. The number of aromatic amines is 1. The molecule has 0 spiro atoms. The van der Waals surface area contributed by atoms with Gasteiger partial charge in [-0.05, 0) is 29.8 Å². The summed E-state index contributed by atoms with van der Waals surface area (Å²) in [6.45, 7) is 0. The van der Waals surface area contributed by atoms with Gasteiger partial charge in [0.25, 0.3) is 0 Å². The van der Waals surface area contributed by atoms with Crippen molar-refractivity contribution >= 4 is 29.2 Å². The Morgan fingerprint density at radius 1 is 1.19 bits per heavy atom. The number of H-pyrrole nitrogens is 1. The standard InChI is InChI=1S/C15H13ClN4S/c1-17-9-13-15(19-20-18-13)14-7-6-12(21-14)8-10-2-4-11(16)5-3-10/h2-7,9H,8H2,1H3,(H,18,19,20). The molecule has 3 rings (SSSR count). The van der Waals surface area contributed by atoms with Gasteiger partial charge in [-0.25, -0.2) is 0 Å². The van der Waals surface area contributed by atoms with Crippen molar-refractivity contribution in [2.75, 3.05) is 7.05 Å². The Kier molecular flexibility index (Phi) is 4.13. The summed E-state index contributed by atoms with van der Waals surface area (Å²) in [6, 6.07) is 12.1. The molecule has 0 aliphatic rings. The van der Waals surface area contributed by atoms with Crippen LogP contribution in [0.1, 0.15) is 16.1 Å². The van der Waals surface area contributed by atoms with Gasteiger partial charge in [-0.2, -0.15) is 15.4 Å². The number of aliphatic imine (C=N–C) groups is 1. The number of nitrogens with zero attached hydrogens (tertiary/aromatic N) is 3. The summed E-state index contributed by atoms with van der Waals surface area (Å²) >= 11 is 7.62. The number of rotatable bonds is 4. The lowest BCUT2D eigenvalue weighted by molar-refractivity contribution is 0.940. The highest BCUT2D eigenvalue weighted by Gasteiger charge is 2.11. The van der Waals surface area contributed by atoms with Crippen molar-refractivity contribution in [2.24, 2.45) is 4.99 Å². The van der Waals surface area contributed by atoms with Crippen LogP contribution in [-0.4, -0.2) is 28.7 Å². The summed E-state index contributed by atoms with van der Waals surface area (Å²) in [5.74, 6) is 0. The van der Waals surface area contributed by atoms with Crippen LogP contribution in [0.3, 0.4) is 0 Å². The van der Waals surface area contributed by atoms with Gasteiger partial charge >= 0.3 is 0 Å². The molecule has 0 fully saturated rings. The van der Waals surface area contributed by atoms with E-state index < -0.39 is 0 Å². The number of aromatic nitrogens is 3. The van der Waals surface area contributed by atoms with Gasteiger partial charge in [0.15, 0.2) is 0 Å². The first-order chi connectivity index (χ1) is 10.3. The maximum atomic E-state index is 5.90. The lowest BCUT2D eigenvalue weighted by Gasteiger charge is -1.98. The number of nitrogens with one attached hydrogen (secondary N) is 1. The van der Waals surface area contributed by atoms with Gasteiger partial charge in [0.1, 0.15) is 11.4 Å². The molecule has 106 valence electrons. The molecule has 0 unspecified atom stereocenters. The van der Waals surface area contributed by atoms with Gasteiger partial charge in [-0.1, -0.05) is 23.7 Å². The van der Waals surface area contributed by atoms with E-state index in [1.807, 2.05) is 24.3 Å². The van der Waals surface area contributed by atoms with Crippen molar-refractivity contribution in [3.8, 4) is 10.6 Å². The van der Waals surface area contributed by atoms with Gasteiger partial charge < -0.3 is 0 Å². The van der Waals surface area contributed by atoms with Crippen molar-refractivity contribution < 1.29 is 0 Å². The van der Waals surface area contributed by atoms with Crippen LogP contribution in [0.5, 0.6) is 0 Å². The molecule has 0 radical (unpaired) electrons. The van der Waals surface area contributed by atoms with Crippen LogP contribution in [0.15, 0.2) is 41.4 Å². The van der Waals surface area contributed by atoms with Gasteiger partial charge in [-0.3, -0.25) is 4.99 Å². The predicted octanol–water partition coefficient (Wildman–Crippen LogP) is 3.83. The van der Waals surface area contributed by atoms with Crippen LogP contribution in [0, 0.1) is 0 Å². The molecule has 0 bridgehead atoms. The van der Waals surface area contributed by atoms with E-state index in [2.05, 4.69) is 32.5 Å². The van der Waals surface area contributed by atoms with Crippen LogP contribution >= 0.6 is 22.9 Å². The predicted molar refractivity (Wildman–Crippen MR) is 87.5 cm³/mol. The van der Waals surface area contributed by atoms with Crippen molar-refractivity contribution in [3.63, 3.8) is 0 Å². The number of hydrogen-bond acceptors (Lipinski definition) is 4. The molecule has 0 aliphatic heterocycles. The summed E-state index contributed by atoms with van der Waals surface area (Å²) in [6.07, 6.45) is 2.59. The van der Waals surface area contributed by atoms with Crippen molar-refractivity contribution in [2.45, 2.75) is 6.42 Å². The van der Waals surface area contributed by atoms with Crippen molar-refractivity contribution in [3.05, 3.63) is 57.6 Å². The van der Waals surface area contributed by atoms with E-state index in [1.54, 1.807) is 24.6 Å². The van der Waals surface area contributed by atoms with E-state index in [9.17, 15) is 0 Å². The zero-order valence-electron chi connectivity index (χ0n) is 11.4. The molecule has 21 heavy (non-hydrogen) atoms. The molecular formula is C15H13ClN4S. The fourth-order valence-corrected chi connectivity index (χ4v) is 3.20. The van der Waals surface area contributed by atoms with Crippen molar-refractivity contribution in [1.82, 2.24) is 15.4 Å². The Bertz CT molecular complexity index is 758. The van der Waals surface area contributed by atoms with E-state index >= 15 is 0 Å². The van der Waals surface area contributed by atoms with Gasteiger partial charge in [-0.15, -0.1) is 11.3 Å². The SMILES string of the molecule is CN=Cc1n[nH]nc1-c1ccc(Cc2ccc(Cl)cc2)s1. The van der Waals surface area contributed by atoms with E-state index in [0.29, 0.717) is 0 Å². The first kappa shape index (κ1) is 14.0. The van der Waals surface area contributed by atoms with Crippen LogP contribution in [0.2, 0.25) is 5.02 Å². The van der Waals surface area contributed by atoms with Crippen LogP contribution in [-0.2, 0) is 6.42 Å². The molecule has 0 amide bonds. The minimum atomic E-state index is 0.761. The molecule has 1 N–H and O–H groups in total. The molecular weight excluding hydrogens is 304 g/mol. The second kappa shape index (κ2) is 6.20. The molecule has 0 atom stereocenters. The third kappa shape index (κ3) is 3.20. The van der Waals surface area contributed by atoms with E-state index in [4.69, 9.17) is 11.6 Å². The van der Waals surface area contributed by atoms with Gasteiger partial charge in [0.05, 0.1) is 11.1 Å². The van der Waals surface area contributed by atoms with Crippen LogP contribution in [0.4, 0.5) is 0 Å². The Hall–Kier alpha value is -1.98. The van der Waals surface area contributed by atoms with E-state index in [1.165, 1.54) is 10.4 Å². The molecule has 1 aromatic carbocycles. The van der Waals surface area contributed by atoms with E-state index in [-0.39, 0.29) is 0 Å². The Balaban J connectivity index is 1.83. The summed E-state index contributed by atoms with van der Waals surface area (Å²) in [4.78, 5) is 6.35. The largest absolute Gasteiger partial charge is 0.294 e. The highest BCUT2D eigenvalue weighted by Crippen LogP contribution is 2.29. The minimum absolute atomic E-state index is 0.761. The average molecular weight is 317 g/mol. The normalized spacial score (nSPS) is 11.3. The lowest BCUT2D eigenvalue weighted by Crippen LogP contribution is -1.84. The lowest BCUT2D eigenvalue weighted by atomic mass is 10.1. The zero-order chi connectivity index (χ0) is 14.7. The summed E-state index contributed by atoms with van der Waals surface area (Å²) in [5, 5.41) is 11.7. The average Bonchev–Trinajstić information content (AvgIpc) is 3.11. The minimum Gasteiger partial charge on any atom is -0.294 e. The second-order valence-corrected chi connectivity index (χ2v) is 6.12. The zero-order valence-corrected chi connectivity index (χ0v) is 12.9. The smallest absolute Gasteiger partial charge is 0.132 e. The van der Waals surface area contributed by atoms with Gasteiger partial charge in [0, 0.05) is 23.4 Å². The summed E-state index contributed by atoms with van der Waals surface area (Å²) < 4.78 is 0. The highest BCUT2D eigenvalue weighted by molar-refractivity contribution is 7.15. The van der Waals surface area contributed by atoms with E-state index in [0.717, 1.165) is 27.7 Å². The quantitative estimate of drug-likeness (QED) is 0.744. The Labute approximate surface area is 131 Å². The van der Waals surface area contributed by atoms with Crippen LogP contribution < -0.4 is 0 Å². The molecule has 3 aromatic rings. The number of benzene rings is 1. The third-order valence-corrected chi connectivity index (χ3v) is 4.36. The topological polar surface area (TPSA) is 53.9 Å². The maximum Gasteiger partial charge on any atom is 0.132 e. The number of hydrogen-bond donors (Lipinski definition) is 1. The van der Waals surface area contributed by atoms with Crippen molar-refractivity contribution in [1.29, 1.82) is 0 Å². The Morgan fingerprint density at radius 3 is 2.76 bits per heavy atom. The fraction of sp³-hybridized carbons (Fsp3) is 0.133. The molecule has 2 heterocycles. The summed E-state index contributed by atoms with van der Waals surface area (Å²) in [5.41, 5.74) is 2.84. The molecule has 0 aliphatic carbocycles. The second-order valence-electron chi connectivity index (χ2n) is 4.51. The molecule has 4 nitrogen and oxygen atoms in total. The third-order valence-electron chi connectivity index (χ3n) is 3.01. The Morgan fingerprint density at radius 2 is 2.00 bits per heavy atom. The summed E-state index contributed by atoms with van der Waals surface area (Å²) in [7, 11) is 1.72. The molecule has 6 heteroatoms. The monoisotopic (exact) mass is 316 g/mol. The first-order valence-corrected chi connectivity index (χ1v) is 7.62. The van der Waals surface area contributed by atoms with Crippen LogP contribution in [0.25, 0.3) is 10.6 Å². The first-order valence-electron chi connectivity index (χ1n) is 6.42. The maximum absolute atomic E-state index is 5.90.